The zero-order valence-electron chi connectivity index (χ0n) is 14.3. The lowest BCUT2D eigenvalue weighted by atomic mass is 10.1. The Morgan fingerprint density at radius 2 is 1.78 bits per heavy atom. The van der Waals surface area contributed by atoms with Crippen LogP contribution in [0.3, 0.4) is 0 Å². The minimum absolute atomic E-state index is 0.241. The SMILES string of the molecule is CS(=O)(=O)Nc1ccc2nc(NC(=O)c3ccc4ccccc4c3)sc2c1. The molecular weight excluding hydrogens is 382 g/mol. The highest BCUT2D eigenvalue weighted by Crippen LogP contribution is 2.29. The number of anilines is 2. The second-order valence-corrected chi connectivity index (χ2v) is 8.87. The van der Waals surface area contributed by atoms with Gasteiger partial charge in [-0.1, -0.05) is 41.7 Å². The van der Waals surface area contributed by atoms with E-state index in [9.17, 15) is 13.2 Å². The highest BCUT2D eigenvalue weighted by molar-refractivity contribution is 7.92. The van der Waals surface area contributed by atoms with Crippen molar-refractivity contribution in [2.45, 2.75) is 0 Å². The summed E-state index contributed by atoms with van der Waals surface area (Å²) in [5.74, 6) is -0.241. The molecule has 0 saturated carbocycles. The third-order valence-electron chi connectivity index (χ3n) is 3.92. The fourth-order valence-electron chi connectivity index (χ4n) is 2.76. The zero-order chi connectivity index (χ0) is 19.0. The van der Waals surface area contributed by atoms with Crippen LogP contribution in [-0.4, -0.2) is 25.6 Å². The van der Waals surface area contributed by atoms with Gasteiger partial charge >= 0.3 is 0 Å². The highest BCUT2D eigenvalue weighted by atomic mass is 32.2. The van der Waals surface area contributed by atoms with E-state index >= 15 is 0 Å². The minimum Gasteiger partial charge on any atom is -0.298 e. The molecule has 8 heteroatoms. The molecule has 0 fully saturated rings. The number of hydrogen-bond acceptors (Lipinski definition) is 5. The summed E-state index contributed by atoms with van der Waals surface area (Å²) in [5, 5.41) is 5.33. The maximum Gasteiger partial charge on any atom is 0.257 e. The molecule has 1 aromatic heterocycles. The molecule has 0 atom stereocenters. The molecule has 136 valence electrons. The van der Waals surface area contributed by atoms with Crippen molar-refractivity contribution in [2.75, 3.05) is 16.3 Å². The summed E-state index contributed by atoms with van der Waals surface area (Å²) >= 11 is 1.29. The van der Waals surface area contributed by atoms with Crippen LogP contribution in [0.2, 0.25) is 0 Å². The van der Waals surface area contributed by atoms with Gasteiger partial charge in [0.05, 0.1) is 22.2 Å². The third-order valence-corrected chi connectivity index (χ3v) is 5.46. The molecule has 27 heavy (non-hydrogen) atoms. The second-order valence-electron chi connectivity index (χ2n) is 6.09. The Labute approximate surface area is 159 Å². The lowest BCUT2D eigenvalue weighted by Crippen LogP contribution is -2.11. The van der Waals surface area contributed by atoms with Crippen molar-refractivity contribution in [3.63, 3.8) is 0 Å². The van der Waals surface area contributed by atoms with Crippen molar-refractivity contribution in [1.29, 1.82) is 0 Å². The van der Waals surface area contributed by atoms with Gasteiger partial charge in [-0.2, -0.15) is 0 Å². The number of nitrogens with one attached hydrogen (secondary N) is 2. The van der Waals surface area contributed by atoms with Crippen molar-refractivity contribution in [1.82, 2.24) is 4.98 Å². The number of benzene rings is 3. The monoisotopic (exact) mass is 397 g/mol. The summed E-state index contributed by atoms with van der Waals surface area (Å²) in [6.07, 6.45) is 1.10. The molecule has 1 amide bonds. The van der Waals surface area contributed by atoms with Crippen LogP contribution >= 0.6 is 11.3 Å². The van der Waals surface area contributed by atoms with Gasteiger partial charge in [-0.15, -0.1) is 0 Å². The van der Waals surface area contributed by atoms with Crippen molar-refractivity contribution in [3.05, 3.63) is 66.2 Å². The highest BCUT2D eigenvalue weighted by Gasteiger charge is 2.11. The molecule has 0 aliphatic heterocycles. The number of fused-ring (bicyclic) bond motifs is 2. The normalized spacial score (nSPS) is 11.6. The van der Waals surface area contributed by atoms with Crippen LogP contribution in [0.5, 0.6) is 0 Å². The Morgan fingerprint density at radius 3 is 2.56 bits per heavy atom. The Bertz CT molecular complexity index is 1280. The predicted molar refractivity (Wildman–Crippen MR) is 110 cm³/mol. The number of aromatic nitrogens is 1. The summed E-state index contributed by atoms with van der Waals surface area (Å²) in [4.78, 5) is 16.9. The van der Waals surface area contributed by atoms with Gasteiger partial charge in [-0.3, -0.25) is 14.8 Å². The molecule has 1 heterocycles. The first-order valence-electron chi connectivity index (χ1n) is 8.06. The van der Waals surface area contributed by atoms with E-state index in [4.69, 9.17) is 0 Å². The Balaban J connectivity index is 1.59. The average Bonchev–Trinajstić information content (AvgIpc) is 3.01. The number of sulfonamides is 1. The van der Waals surface area contributed by atoms with Gasteiger partial charge < -0.3 is 0 Å². The van der Waals surface area contributed by atoms with Crippen molar-refractivity contribution < 1.29 is 13.2 Å². The fraction of sp³-hybridized carbons (Fsp3) is 0.0526. The Morgan fingerprint density at radius 1 is 1.00 bits per heavy atom. The van der Waals surface area contributed by atoms with Gasteiger partial charge in [0.1, 0.15) is 0 Å². The van der Waals surface area contributed by atoms with E-state index < -0.39 is 10.0 Å². The van der Waals surface area contributed by atoms with Crippen LogP contribution in [0.4, 0.5) is 10.8 Å². The molecule has 4 aromatic rings. The van der Waals surface area contributed by atoms with Crippen molar-refractivity contribution in [3.8, 4) is 0 Å². The molecule has 0 aliphatic carbocycles. The zero-order valence-corrected chi connectivity index (χ0v) is 15.9. The first kappa shape index (κ1) is 17.4. The number of nitrogens with zero attached hydrogens (tertiary/aromatic N) is 1. The average molecular weight is 397 g/mol. The number of amides is 1. The van der Waals surface area contributed by atoms with E-state index in [1.54, 1.807) is 24.3 Å². The first-order valence-corrected chi connectivity index (χ1v) is 10.8. The molecule has 3 aromatic carbocycles. The second kappa shape index (κ2) is 6.64. The standard InChI is InChI=1S/C19H15N3O3S2/c1-27(24,25)22-15-8-9-16-17(11-15)26-19(20-16)21-18(23)14-7-6-12-4-2-3-5-13(12)10-14/h2-11,22H,1H3,(H,20,21,23). The van der Waals surface area contributed by atoms with Crippen molar-refractivity contribution in [2.24, 2.45) is 0 Å². The van der Waals surface area contributed by atoms with E-state index in [1.807, 2.05) is 36.4 Å². The number of rotatable bonds is 4. The maximum atomic E-state index is 12.6. The summed E-state index contributed by atoms with van der Waals surface area (Å²) in [6, 6.07) is 18.4. The van der Waals surface area contributed by atoms with Gasteiger partial charge in [-0.25, -0.2) is 13.4 Å². The largest absolute Gasteiger partial charge is 0.298 e. The molecule has 0 bridgehead atoms. The van der Waals surface area contributed by atoms with E-state index in [2.05, 4.69) is 15.0 Å². The predicted octanol–water partition coefficient (Wildman–Crippen LogP) is 4.07. The quantitative estimate of drug-likeness (QED) is 0.543. The topological polar surface area (TPSA) is 88.2 Å². The van der Waals surface area contributed by atoms with Gasteiger partial charge in [0, 0.05) is 5.56 Å². The molecule has 0 radical (unpaired) electrons. The van der Waals surface area contributed by atoms with Crippen LogP contribution < -0.4 is 10.0 Å². The molecule has 0 aliphatic rings. The molecule has 4 rings (SSSR count). The summed E-state index contributed by atoms with van der Waals surface area (Å²) < 4.78 is 25.9. The molecule has 0 saturated heterocycles. The Kier molecular flexibility index (Phi) is 4.29. The Hall–Kier alpha value is -2.97. The molecule has 6 nitrogen and oxygen atoms in total. The number of carbonyl (C=O) groups is 1. The van der Waals surface area contributed by atoms with Crippen molar-refractivity contribution >= 4 is 59.1 Å². The van der Waals surface area contributed by atoms with Gasteiger partial charge in [0.15, 0.2) is 5.13 Å². The van der Waals surface area contributed by atoms with E-state index in [1.165, 1.54) is 11.3 Å². The third kappa shape index (κ3) is 3.91. The maximum absolute atomic E-state index is 12.6. The van der Waals surface area contributed by atoms with E-state index in [0.717, 1.165) is 21.7 Å². The lowest BCUT2D eigenvalue weighted by molar-refractivity contribution is 0.102. The number of carbonyl (C=O) groups excluding carboxylic acids is 1. The van der Waals surface area contributed by atoms with Gasteiger partial charge in [-0.05, 0) is 41.1 Å². The van der Waals surface area contributed by atoms with Crippen LogP contribution in [0.15, 0.2) is 60.7 Å². The molecule has 2 N–H and O–H groups in total. The first-order chi connectivity index (χ1) is 12.9. The van der Waals surface area contributed by atoms with Crippen LogP contribution in [0, 0.1) is 0 Å². The summed E-state index contributed by atoms with van der Waals surface area (Å²) in [6.45, 7) is 0. The number of thiazole rings is 1. The summed E-state index contributed by atoms with van der Waals surface area (Å²) in [5.41, 5.74) is 1.70. The summed E-state index contributed by atoms with van der Waals surface area (Å²) in [7, 11) is -3.35. The number of hydrogen-bond donors (Lipinski definition) is 2. The van der Waals surface area contributed by atoms with Crippen LogP contribution in [0.25, 0.3) is 21.0 Å². The van der Waals surface area contributed by atoms with Gasteiger partial charge in [0.2, 0.25) is 10.0 Å². The smallest absolute Gasteiger partial charge is 0.257 e. The minimum atomic E-state index is -3.35. The van der Waals surface area contributed by atoms with Gasteiger partial charge in [0.25, 0.3) is 5.91 Å². The van der Waals surface area contributed by atoms with E-state index in [0.29, 0.717) is 21.9 Å². The van der Waals surface area contributed by atoms with Crippen LogP contribution in [-0.2, 0) is 10.0 Å². The fourth-order valence-corrected chi connectivity index (χ4v) is 4.21. The molecule has 0 unspecified atom stereocenters. The lowest BCUT2D eigenvalue weighted by Gasteiger charge is -2.03. The van der Waals surface area contributed by atoms with Crippen LogP contribution in [0.1, 0.15) is 10.4 Å². The molecule has 0 spiro atoms. The van der Waals surface area contributed by atoms with E-state index in [-0.39, 0.29) is 5.91 Å². The molecular formula is C19H15N3O3S2.